The third kappa shape index (κ3) is 4.35. The maximum Gasteiger partial charge on any atom is 0.224 e. The normalized spacial score (nSPS) is 15.6. The van der Waals surface area contributed by atoms with E-state index in [9.17, 15) is 4.79 Å². The third-order valence-corrected chi connectivity index (χ3v) is 5.13. The summed E-state index contributed by atoms with van der Waals surface area (Å²) < 4.78 is 16.0. The first-order chi connectivity index (χ1) is 13.2. The van der Waals surface area contributed by atoms with Crippen molar-refractivity contribution in [3.63, 3.8) is 0 Å². The molecule has 1 aliphatic rings. The van der Waals surface area contributed by atoms with Gasteiger partial charge in [-0.1, -0.05) is 24.3 Å². The summed E-state index contributed by atoms with van der Waals surface area (Å²) in [5.74, 6) is 2.02. The zero-order chi connectivity index (χ0) is 19.2. The van der Waals surface area contributed by atoms with Crippen molar-refractivity contribution in [3.05, 3.63) is 53.1 Å². The predicted octanol–water partition coefficient (Wildman–Crippen LogP) is 3.49. The van der Waals surface area contributed by atoms with Crippen molar-refractivity contribution >= 4 is 5.91 Å². The van der Waals surface area contributed by atoms with Crippen molar-refractivity contribution in [2.45, 2.75) is 31.6 Å². The SMILES string of the molecule is COc1cc(CC(=O)NCC2CCCc3ccccc32)cc(OC)c1OC. The van der Waals surface area contributed by atoms with Crippen LogP contribution in [0.5, 0.6) is 17.2 Å². The van der Waals surface area contributed by atoms with Crippen molar-refractivity contribution in [1.82, 2.24) is 5.32 Å². The monoisotopic (exact) mass is 369 g/mol. The van der Waals surface area contributed by atoms with Crippen molar-refractivity contribution in [1.29, 1.82) is 0 Å². The number of carbonyl (C=O) groups excluding carboxylic acids is 1. The van der Waals surface area contributed by atoms with Gasteiger partial charge >= 0.3 is 0 Å². The molecule has 1 unspecified atom stereocenters. The Kier molecular flexibility index (Phi) is 6.22. The van der Waals surface area contributed by atoms with Crippen LogP contribution in [0, 0.1) is 0 Å². The Hall–Kier alpha value is -2.69. The number of nitrogens with one attached hydrogen (secondary N) is 1. The lowest BCUT2D eigenvalue weighted by atomic mass is 9.83. The lowest BCUT2D eigenvalue weighted by Gasteiger charge is -2.25. The van der Waals surface area contributed by atoms with Gasteiger partial charge in [0.2, 0.25) is 11.7 Å². The van der Waals surface area contributed by atoms with E-state index in [1.165, 1.54) is 17.5 Å². The highest BCUT2D eigenvalue weighted by Gasteiger charge is 2.20. The molecule has 0 saturated carbocycles. The average molecular weight is 369 g/mol. The highest BCUT2D eigenvalue weighted by molar-refractivity contribution is 5.79. The van der Waals surface area contributed by atoms with Crippen LogP contribution >= 0.6 is 0 Å². The summed E-state index contributed by atoms with van der Waals surface area (Å²) >= 11 is 0. The first-order valence-corrected chi connectivity index (χ1v) is 9.29. The van der Waals surface area contributed by atoms with Crippen molar-refractivity contribution in [2.24, 2.45) is 0 Å². The van der Waals surface area contributed by atoms with Gasteiger partial charge in [-0.25, -0.2) is 0 Å². The fraction of sp³-hybridized carbons (Fsp3) is 0.409. The van der Waals surface area contributed by atoms with Gasteiger partial charge < -0.3 is 19.5 Å². The van der Waals surface area contributed by atoms with E-state index < -0.39 is 0 Å². The number of ether oxygens (including phenoxy) is 3. The minimum atomic E-state index is -0.00710. The zero-order valence-corrected chi connectivity index (χ0v) is 16.2. The lowest BCUT2D eigenvalue weighted by molar-refractivity contribution is -0.120. The average Bonchev–Trinajstić information content (AvgIpc) is 2.71. The summed E-state index contributed by atoms with van der Waals surface area (Å²) in [5, 5.41) is 3.09. The molecule has 0 saturated heterocycles. The number of aryl methyl sites for hydroxylation is 1. The van der Waals surface area contributed by atoms with Gasteiger partial charge in [0.05, 0.1) is 27.8 Å². The fourth-order valence-electron chi connectivity index (χ4n) is 3.79. The van der Waals surface area contributed by atoms with Crippen LogP contribution < -0.4 is 19.5 Å². The van der Waals surface area contributed by atoms with Gasteiger partial charge in [0.1, 0.15) is 0 Å². The van der Waals surface area contributed by atoms with Gasteiger partial charge in [0.15, 0.2) is 11.5 Å². The number of hydrogen-bond donors (Lipinski definition) is 1. The molecular weight excluding hydrogens is 342 g/mol. The van der Waals surface area contributed by atoms with Crippen molar-refractivity contribution < 1.29 is 19.0 Å². The topological polar surface area (TPSA) is 56.8 Å². The molecular formula is C22H27NO4. The van der Waals surface area contributed by atoms with E-state index in [-0.39, 0.29) is 12.3 Å². The minimum absolute atomic E-state index is 0.00710. The third-order valence-electron chi connectivity index (χ3n) is 5.13. The Morgan fingerprint density at radius 1 is 1.07 bits per heavy atom. The molecule has 0 aromatic heterocycles. The minimum Gasteiger partial charge on any atom is -0.493 e. The zero-order valence-electron chi connectivity index (χ0n) is 16.2. The first-order valence-electron chi connectivity index (χ1n) is 9.29. The second kappa shape index (κ2) is 8.80. The molecule has 2 aromatic rings. The van der Waals surface area contributed by atoms with Crippen molar-refractivity contribution in [3.8, 4) is 17.2 Å². The number of amides is 1. The molecule has 0 aliphatic heterocycles. The van der Waals surface area contributed by atoms with E-state index >= 15 is 0 Å². The van der Waals surface area contributed by atoms with E-state index in [1.54, 1.807) is 21.3 Å². The van der Waals surface area contributed by atoms with Crippen LogP contribution in [0.4, 0.5) is 0 Å². The van der Waals surface area contributed by atoms with Gasteiger partial charge in [-0.05, 0) is 48.1 Å². The molecule has 0 radical (unpaired) electrons. The Morgan fingerprint density at radius 2 is 1.78 bits per heavy atom. The van der Waals surface area contributed by atoms with Crippen LogP contribution in [0.2, 0.25) is 0 Å². The standard InChI is InChI=1S/C22H27NO4/c1-25-19-11-15(12-20(26-2)22(19)27-3)13-21(24)23-14-17-9-6-8-16-7-4-5-10-18(16)17/h4-5,7,10-12,17H,6,8-9,13-14H2,1-3H3,(H,23,24). The Balaban J connectivity index is 1.65. The summed E-state index contributed by atoms with van der Waals surface area (Å²) in [6, 6.07) is 12.2. The van der Waals surface area contributed by atoms with Gasteiger partial charge in [-0.3, -0.25) is 4.79 Å². The van der Waals surface area contributed by atoms with Crippen LogP contribution in [0.1, 0.15) is 35.4 Å². The first kappa shape index (κ1) is 19.1. The highest BCUT2D eigenvalue weighted by Crippen LogP contribution is 2.38. The molecule has 0 spiro atoms. The van der Waals surface area contributed by atoms with Crippen LogP contribution in [0.15, 0.2) is 36.4 Å². The lowest BCUT2D eigenvalue weighted by Crippen LogP contribution is -2.31. The van der Waals surface area contributed by atoms with E-state index in [0.29, 0.717) is 29.7 Å². The predicted molar refractivity (Wildman–Crippen MR) is 105 cm³/mol. The van der Waals surface area contributed by atoms with Crippen LogP contribution in [0.25, 0.3) is 0 Å². The molecule has 2 aromatic carbocycles. The number of fused-ring (bicyclic) bond motifs is 1. The maximum atomic E-state index is 12.5. The van der Waals surface area contributed by atoms with Crippen molar-refractivity contribution in [2.75, 3.05) is 27.9 Å². The smallest absolute Gasteiger partial charge is 0.224 e. The molecule has 1 amide bonds. The molecule has 1 N–H and O–H groups in total. The summed E-state index contributed by atoms with van der Waals surface area (Å²) in [7, 11) is 4.71. The number of hydrogen-bond acceptors (Lipinski definition) is 4. The Bertz CT molecular complexity index is 778. The van der Waals surface area contributed by atoms with E-state index in [1.807, 2.05) is 12.1 Å². The van der Waals surface area contributed by atoms with E-state index in [4.69, 9.17) is 14.2 Å². The van der Waals surface area contributed by atoms with Gasteiger partial charge in [0.25, 0.3) is 0 Å². The van der Waals surface area contributed by atoms with Gasteiger partial charge in [0, 0.05) is 12.5 Å². The molecule has 0 heterocycles. The number of benzene rings is 2. The fourth-order valence-corrected chi connectivity index (χ4v) is 3.79. The van der Waals surface area contributed by atoms with Gasteiger partial charge in [-0.2, -0.15) is 0 Å². The van der Waals surface area contributed by atoms with Crippen LogP contribution in [-0.2, 0) is 17.6 Å². The molecule has 1 atom stereocenters. The quantitative estimate of drug-likeness (QED) is 0.812. The van der Waals surface area contributed by atoms with Crippen LogP contribution in [0.3, 0.4) is 0 Å². The maximum absolute atomic E-state index is 12.5. The number of carbonyl (C=O) groups is 1. The molecule has 27 heavy (non-hydrogen) atoms. The molecule has 3 rings (SSSR count). The van der Waals surface area contributed by atoms with Gasteiger partial charge in [-0.15, -0.1) is 0 Å². The summed E-state index contributed by atoms with van der Waals surface area (Å²) in [5.41, 5.74) is 3.61. The Morgan fingerprint density at radius 3 is 2.44 bits per heavy atom. The second-order valence-electron chi connectivity index (χ2n) is 6.80. The largest absolute Gasteiger partial charge is 0.493 e. The molecule has 5 heteroatoms. The summed E-state index contributed by atoms with van der Waals surface area (Å²) in [4.78, 5) is 12.5. The van der Waals surface area contributed by atoms with E-state index in [2.05, 4.69) is 29.6 Å². The number of methoxy groups -OCH3 is 3. The number of rotatable bonds is 7. The molecule has 5 nitrogen and oxygen atoms in total. The second-order valence-corrected chi connectivity index (χ2v) is 6.80. The summed E-state index contributed by atoms with van der Waals surface area (Å²) in [6.07, 6.45) is 3.68. The molecule has 1 aliphatic carbocycles. The van der Waals surface area contributed by atoms with E-state index in [0.717, 1.165) is 18.4 Å². The summed E-state index contributed by atoms with van der Waals surface area (Å²) in [6.45, 7) is 0.667. The highest BCUT2D eigenvalue weighted by atomic mass is 16.5. The molecule has 0 fully saturated rings. The van der Waals surface area contributed by atoms with Crippen LogP contribution in [-0.4, -0.2) is 33.8 Å². The molecule has 0 bridgehead atoms. The molecule has 144 valence electrons. The Labute approximate surface area is 160 Å².